The lowest BCUT2D eigenvalue weighted by Crippen LogP contribution is -2.35. The normalized spacial score (nSPS) is 16.2. The second-order valence-electron chi connectivity index (χ2n) is 4.92. The zero-order valence-electron chi connectivity index (χ0n) is 11.7. The molecule has 1 aromatic carbocycles. The molecular weight excluding hydrogens is 296 g/mol. The van der Waals surface area contributed by atoms with Crippen LogP contribution in [0.4, 0.5) is 11.5 Å². The van der Waals surface area contributed by atoms with E-state index < -0.39 is 17.7 Å². The number of nitrogens with two attached hydrogens (primary N) is 1. The van der Waals surface area contributed by atoms with E-state index in [1.165, 1.54) is 18.3 Å². The van der Waals surface area contributed by atoms with Gasteiger partial charge in [0.15, 0.2) is 11.7 Å². The molecule has 3 N–H and O–H groups in total. The summed E-state index contributed by atoms with van der Waals surface area (Å²) in [5, 5.41) is 18.5. The molecule has 3 rings (SSSR count). The number of nitrogens with zero attached hydrogens (tertiary/aromatic N) is 3. The summed E-state index contributed by atoms with van der Waals surface area (Å²) in [5.74, 6) is -3.26. The molecule has 2 heterocycles. The summed E-state index contributed by atoms with van der Waals surface area (Å²) < 4.78 is 0. The van der Waals surface area contributed by atoms with Gasteiger partial charge in [0.1, 0.15) is 11.9 Å². The maximum Gasteiger partial charge on any atom is 0.320 e. The first-order valence-corrected chi connectivity index (χ1v) is 6.63. The monoisotopic (exact) mass is 306 g/mol. The van der Waals surface area contributed by atoms with Crippen molar-refractivity contribution in [3.05, 3.63) is 53.2 Å². The van der Waals surface area contributed by atoms with Crippen LogP contribution in [-0.4, -0.2) is 27.6 Å². The SMILES string of the molecule is N#Cc1cc(C2=Nc3ccccc3C(=O)C2C(=O)O)cnc1N. The number of aromatic nitrogens is 1. The van der Waals surface area contributed by atoms with Crippen molar-refractivity contribution in [1.82, 2.24) is 4.98 Å². The van der Waals surface area contributed by atoms with Crippen LogP contribution < -0.4 is 5.73 Å². The van der Waals surface area contributed by atoms with Crippen molar-refractivity contribution >= 4 is 29.0 Å². The number of carboxylic acids is 1. The fourth-order valence-electron chi connectivity index (χ4n) is 2.42. The van der Waals surface area contributed by atoms with Crippen LogP contribution in [0.1, 0.15) is 21.5 Å². The van der Waals surface area contributed by atoms with Crippen molar-refractivity contribution in [2.75, 3.05) is 5.73 Å². The van der Waals surface area contributed by atoms with Crippen molar-refractivity contribution in [3.8, 4) is 6.07 Å². The average molecular weight is 306 g/mol. The molecule has 0 aliphatic carbocycles. The van der Waals surface area contributed by atoms with E-state index >= 15 is 0 Å². The molecule has 1 unspecified atom stereocenters. The second-order valence-corrected chi connectivity index (χ2v) is 4.92. The number of para-hydroxylation sites is 1. The Morgan fingerprint density at radius 2 is 2.09 bits per heavy atom. The smallest absolute Gasteiger partial charge is 0.320 e. The Kier molecular flexibility index (Phi) is 3.35. The summed E-state index contributed by atoms with van der Waals surface area (Å²) in [4.78, 5) is 32.2. The largest absolute Gasteiger partial charge is 0.480 e. The Hall–Kier alpha value is -3.53. The number of rotatable bonds is 2. The van der Waals surface area contributed by atoms with Crippen LogP contribution in [0.15, 0.2) is 41.5 Å². The number of ketones is 1. The predicted molar refractivity (Wildman–Crippen MR) is 81.5 cm³/mol. The maximum absolute atomic E-state index is 12.5. The molecule has 0 bridgehead atoms. The Labute approximate surface area is 130 Å². The molecule has 1 aliphatic heterocycles. The lowest BCUT2D eigenvalue weighted by atomic mass is 9.86. The Balaban J connectivity index is 2.23. The zero-order valence-corrected chi connectivity index (χ0v) is 11.7. The van der Waals surface area contributed by atoms with E-state index in [1.54, 1.807) is 18.2 Å². The zero-order chi connectivity index (χ0) is 16.6. The number of carboxylic acid groups (broad SMARTS) is 1. The average Bonchev–Trinajstić information content (AvgIpc) is 2.55. The summed E-state index contributed by atoms with van der Waals surface area (Å²) in [7, 11) is 0. The molecule has 1 atom stereocenters. The number of nitriles is 1. The molecule has 0 saturated heterocycles. The summed E-state index contributed by atoms with van der Waals surface area (Å²) in [5.41, 5.74) is 6.64. The van der Waals surface area contributed by atoms with Gasteiger partial charge in [-0.3, -0.25) is 14.6 Å². The van der Waals surface area contributed by atoms with Gasteiger partial charge in [-0.15, -0.1) is 0 Å². The molecule has 1 aliphatic rings. The number of Topliss-reactive ketones (excluding diaryl/α,β-unsaturated/α-hetero) is 1. The van der Waals surface area contributed by atoms with Crippen LogP contribution in [0.2, 0.25) is 0 Å². The standard InChI is InChI=1S/C16H10N4O3/c17-6-8-5-9(7-19-15(8)18)13-12(16(22)23)14(21)10-3-1-2-4-11(10)20-13/h1-5,7,12H,(H2,18,19)(H,22,23). The summed E-state index contributed by atoms with van der Waals surface area (Å²) in [6.45, 7) is 0. The van der Waals surface area contributed by atoms with E-state index in [0.29, 0.717) is 5.69 Å². The molecule has 0 saturated carbocycles. The van der Waals surface area contributed by atoms with Crippen molar-refractivity contribution in [3.63, 3.8) is 0 Å². The fraction of sp³-hybridized carbons (Fsp3) is 0.0625. The number of hydrogen-bond donors (Lipinski definition) is 2. The predicted octanol–water partition coefficient (Wildman–Crippen LogP) is 1.55. The van der Waals surface area contributed by atoms with Crippen molar-refractivity contribution in [2.24, 2.45) is 10.9 Å². The van der Waals surface area contributed by atoms with Crippen molar-refractivity contribution < 1.29 is 14.7 Å². The lowest BCUT2D eigenvalue weighted by molar-refractivity contribution is -0.137. The number of aliphatic imine (C=N–C) groups is 1. The third-order valence-corrected chi connectivity index (χ3v) is 3.53. The first-order valence-electron chi connectivity index (χ1n) is 6.63. The van der Waals surface area contributed by atoms with Crippen LogP contribution in [0, 0.1) is 17.2 Å². The van der Waals surface area contributed by atoms with Gasteiger partial charge in [-0.05, 0) is 18.2 Å². The number of carbonyl (C=O) groups excluding carboxylic acids is 1. The third kappa shape index (κ3) is 2.32. The highest BCUT2D eigenvalue weighted by Gasteiger charge is 2.37. The van der Waals surface area contributed by atoms with Gasteiger partial charge < -0.3 is 10.8 Å². The van der Waals surface area contributed by atoms with E-state index in [1.807, 2.05) is 6.07 Å². The van der Waals surface area contributed by atoms with Crippen LogP contribution in [0.25, 0.3) is 0 Å². The van der Waals surface area contributed by atoms with E-state index in [2.05, 4.69) is 9.98 Å². The molecule has 0 fully saturated rings. The molecule has 7 heteroatoms. The Bertz CT molecular complexity index is 912. The fourth-order valence-corrected chi connectivity index (χ4v) is 2.42. The number of carbonyl (C=O) groups is 2. The number of nitrogen functional groups attached to an aromatic ring is 1. The minimum atomic E-state index is -1.44. The molecular formula is C16H10N4O3. The molecule has 112 valence electrons. The highest BCUT2D eigenvalue weighted by molar-refractivity contribution is 6.31. The minimum Gasteiger partial charge on any atom is -0.480 e. The first-order chi connectivity index (χ1) is 11.0. The van der Waals surface area contributed by atoms with E-state index in [-0.39, 0.29) is 28.2 Å². The van der Waals surface area contributed by atoms with Gasteiger partial charge in [-0.2, -0.15) is 5.26 Å². The van der Waals surface area contributed by atoms with E-state index in [0.717, 1.165) is 0 Å². The van der Waals surface area contributed by atoms with Gasteiger partial charge in [0.05, 0.1) is 17.0 Å². The number of fused-ring (bicyclic) bond motifs is 1. The molecule has 23 heavy (non-hydrogen) atoms. The highest BCUT2D eigenvalue weighted by Crippen LogP contribution is 2.31. The van der Waals surface area contributed by atoms with Gasteiger partial charge in [-0.25, -0.2) is 4.98 Å². The molecule has 0 amide bonds. The minimum absolute atomic E-state index is 0.0336. The summed E-state index contributed by atoms with van der Waals surface area (Å²) >= 11 is 0. The number of anilines is 1. The number of pyridine rings is 1. The van der Waals surface area contributed by atoms with Gasteiger partial charge >= 0.3 is 5.97 Å². The van der Waals surface area contributed by atoms with Crippen molar-refractivity contribution in [2.45, 2.75) is 0 Å². The number of benzene rings is 1. The van der Waals surface area contributed by atoms with Crippen molar-refractivity contribution in [1.29, 1.82) is 5.26 Å². The van der Waals surface area contributed by atoms with Gasteiger partial charge in [0, 0.05) is 17.3 Å². The molecule has 2 aromatic rings. The van der Waals surface area contributed by atoms with Crippen LogP contribution in [-0.2, 0) is 4.79 Å². The van der Waals surface area contributed by atoms with E-state index in [4.69, 9.17) is 11.0 Å². The van der Waals surface area contributed by atoms with E-state index in [9.17, 15) is 14.7 Å². The topological polar surface area (TPSA) is 129 Å². The highest BCUT2D eigenvalue weighted by atomic mass is 16.4. The molecule has 0 spiro atoms. The quantitative estimate of drug-likeness (QED) is 0.810. The lowest BCUT2D eigenvalue weighted by Gasteiger charge is -2.21. The Morgan fingerprint density at radius 3 is 2.78 bits per heavy atom. The first kappa shape index (κ1) is 14.4. The Morgan fingerprint density at radius 1 is 1.35 bits per heavy atom. The molecule has 7 nitrogen and oxygen atoms in total. The van der Waals surface area contributed by atoms with Crippen LogP contribution in [0.5, 0.6) is 0 Å². The molecule has 0 radical (unpaired) electrons. The van der Waals surface area contributed by atoms with Gasteiger partial charge in [0.2, 0.25) is 0 Å². The maximum atomic E-state index is 12.5. The van der Waals surface area contributed by atoms with Gasteiger partial charge in [0.25, 0.3) is 0 Å². The molecule has 1 aromatic heterocycles. The number of aliphatic carboxylic acids is 1. The summed E-state index contributed by atoms with van der Waals surface area (Å²) in [6.07, 6.45) is 1.31. The number of hydrogen-bond acceptors (Lipinski definition) is 6. The van der Waals surface area contributed by atoms with Crippen LogP contribution >= 0.6 is 0 Å². The van der Waals surface area contributed by atoms with Crippen LogP contribution in [0.3, 0.4) is 0 Å². The van der Waals surface area contributed by atoms with Gasteiger partial charge in [-0.1, -0.05) is 12.1 Å². The third-order valence-electron chi connectivity index (χ3n) is 3.53. The summed E-state index contributed by atoms with van der Waals surface area (Å²) in [6, 6.07) is 9.78. The second kappa shape index (κ2) is 5.35.